The van der Waals surface area contributed by atoms with E-state index >= 15 is 0 Å². The van der Waals surface area contributed by atoms with Crippen LogP contribution >= 0.6 is 11.6 Å². The Bertz CT molecular complexity index is 675. The summed E-state index contributed by atoms with van der Waals surface area (Å²) in [6, 6.07) is 7.26. The van der Waals surface area contributed by atoms with Crippen LogP contribution in [0.25, 0.3) is 11.3 Å². The summed E-state index contributed by atoms with van der Waals surface area (Å²) in [7, 11) is 0. The minimum Gasteiger partial charge on any atom is -0.464 e. The third-order valence-corrected chi connectivity index (χ3v) is 3.03. The fourth-order valence-electron chi connectivity index (χ4n) is 1.67. The zero-order valence-corrected chi connectivity index (χ0v) is 11.2. The lowest BCUT2D eigenvalue weighted by molar-refractivity contribution is -0.170. The first-order valence-electron chi connectivity index (χ1n) is 5.75. The van der Waals surface area contributed by atoms with Gasteiger partial charge in [0.15, 0.2) is 5.78 Å². The van der Waals surface area contributed by atoms with Gasteiger partial charge in [0.25, 0.3) is 0 Å². The smallest absolute Gasteiger partial charge is 0.450 e. The zero-order chi connectivity index (χ0) is 15.6. The summed E-state index contributed by atoms with van der Waals surface area (Å²) in [5, 5.41) is 0.148. The topological polar surface area (TPSA) is 47.3 Å². The van der Waals surface area contributed by atoms with E-state index in [-0.39, 0.29) is 10.6 Å². The second-order valence-corrected chi connectivity index (χ2v) is 4.60. The summed E-state index contributed by atoms with van der Waals surface area (Å²) >= 11 is 5.97. The fourth-order valence-corrected chi connectivity index (χ4v) is 1.94. The van der Waals surface area contributed by atoms with Crippen LogP contribution in [0.2, 0.25) is 5.02 Å². The number of Topliss-reactive ketones (excluding diaryl/α,β-unsaturated/α-hetero) is 2. The highest BCUT2D eigenvalue weighted by molar-refractivity contribution is 6.33. The first kappa shape index (κ1) is 15.3. The van der Waals surface area contributed by atoms with E-state index in [1.807, 2.05) is 0 Å². The molecule has 0 spiro atoms. The Hall–Kier alpha value is -2.08. The summed E-state index contributed by atoms with van der Waals surface area (Å²) in [4.78, 5) is 22.4. The Morgan fingerprint density at radius 3 is 2.43 bits per heavy atom. The Morgan fingerprint density at radius 1 is 1.19 bits per heavy atom. The van der Waals surface area contributed by atoms with Crippen LogP contribution in [-0.2, 0) is 4.79 Å². The standard InChI is InChI=1S/C14H8ClF3O3/c15-10-6-8(11(19)7-13(20)14(16,17)18)3-4-9(10)12-2-1-5-21-12/h1-6H,7H2. The van der Waals surface area contributed by atoms with Gasteiger partial charge in [-0.05, 0) is 24.3 Å². The molecule has 0 bridgehead atoms. The van der Waals surface area contributed by atoms with Crippen LogP contribution in [0.3, 0.4) is 0 Å². The molecule has 0 amide bonds. The summed E-state index contributed by atoms with van der Waals surface area (Å²) < 4.78 is 41.5. The molecule has 0 unspecified atom stereocenters. The summed E-state index contributed by atoms with van der Waals surface area (Å²) in [5.74, 6) is -2.56. The van der Waals surface area contributed by atoms with Crippen molar-refractivity contribution in [3.05, 3.63) is 47.2 Å². The molecule has 2 aromatic rings. The number of hydrogen-bond acceptors (Lipinski definition) is 3. The highest BCUT2D eigenvalue weighted by Crippen LogP contribution is 2.29. The Balaban J connectivity index is 2.21. The van der Waals surface area contributed by atoms with E-state index in [1.54, 1.807) is 12.1 Å². The molecule has 21 heavy (non-hydrogen) atoms. The summed E-state index contributed by atoms with van der Waals surface area (Å²) in [6.45, 7) is 0. The van der Waals surface area contributed by atoms with Crippen LogP contribution in [-0.4, -0.2) is 17.7 Å². The van der Waals surface area contributed by atoms with Crippen LogP contribution in [0.4, 0.5) is 13.2 Å². The van der Waals surface area contributed by atoms with Gasteiger partial charge in [-0.3, -0.25) is 9.59 Å². The minimum absolute atomic E-state index is 0.0621. The molecule has 2 rings (SSSR count). The number of benzene rings is 1. The molecule has 0 aliphatic carbocycles. The van der Waals surface area contributed by atoms with Gasteiger partial charge in [-0.15, -0.1) is 0 Å². The maximum absolute atomic E-state index is 12.1. The Labute approximate surface area is 122 Å². The molecular formula is C14H8ClF3O3. The number of ketones is 2. The molecule has 0 saturated heterocycles. The lowest BCUT2D eigenvalue weighted by Gasteiger charge is -2.06. The van der Waals surface area contributed by atoms with Crippen molar-refractivity contribution >= 4 is 23.2 Å². The number of alkyl halides is 3. The first-order chi connectivity index (χ1) is 9.79. The second kappa shape index (κ2) is 5.73. The monoisotopic (exact) mass is 316 g/mol. The van der Waals surface area contributed by atoms with Crippen LogP contribution in [0, 0.1) is 0 Å². The van der Waals surface area contributed by atoms with Crippen LogP contribution in [0.15, 0.2) is 41.0 Å². The number of halogens is 4. The van der Waals surface area contributed by atoms with Crippen molar-refractivity contribution in [2.75, 3.05) is 0 Å². The summed E-state index contributed by atoms with van der Waals surface area (Å²) in [6.07, 6.45) is -4.82. The van der Waals surface area contributed by atoms with E-state index in [0.717, 1.165) is 0 Å². The van der Waals surface area contributed by atoms with Crippen LogP contribution in [0.5, 0.6) is 0 Å². The van der Waals surface area contributed by atoms with Crippen molar-refractivity contribution in [3.63, 3.8) is 0 Å². The molecule has 0 radical (unpaired) electrons. The number of carbonyl (C=O) groups excluding carboxylic acids is 2. The maximum Gasteiger partial charge on any atom is 0.450 e. The van der Waals surface area contributed by atoms with Crippen molar-refractivity contribution in [1.29, 1.82) is 0 Å². The van der Waals surface area contributed by atoms with Crippen molar-refractivity contribution < 1.29 is 27.2 Å². The lowest BCUT2D eigenvalue weighted by Crippen LogP contribution is -2.25. The first-order valence-corrected chi connectivity index (χ1v) is 6.13. The molecule has 3 nitrogen and oxygen atoms in total. The van der Waals surface area contributed by atoms with Gasteiger partial charge in [0.1, 0.15) is 5.76 Å². The average Bonchev–Trinajstić information content (AvgIpc) is 2.91. The van der Waals surface area contributed by atoms with Crippen molar-refractivity contribution in [2.45, 2.75) is 12.6 Å². The van der Waals surface area contributed by atoms with Crippen molar-refractivity contribution in [2.24, 2.45) is 0 Å². The SMILES string of the molecule is O=C(CC(=O)C(F)(F)F)c1ccc(-c2ccco2)c(Cl)c1. The summed E-state index contributed by atoms with van der Waals surface area (Å²) in [5.41, 5.74) is 0.438. The molecule has 1 aromatic carbocycles. The normalized spacial score (nSPS) is 11.4. The van der Waals surface area contributed by atoms with E-state index in [1.165, 1.54) is 24.5 Å². The van der Waals surface area contributed by atoms with E-state index in [4.69, 9.17) is 16.0 Å². The quantitative estimate of drug-likeness (QED) is 0.624. The van der Waals surface area contributed by atoms with Crippen LogP contribution in [0.1, 0.15) is 16.8 Å². The van der Waals surface area contributed by atoms with E-state index in [0.29, 0.717) is 11.3 Å². The Morgan fingerprint density at radius 2 is 1.90 bits per heavy atom. The van der Waals surface area contributed by atoms with Gasteiger partial charge in [0.05, 0.1) is 17.7 Å². The molecule has 1 aromatic heterocycles. The van der Waals surface area contributed by atoms with Gasteiger partial charge in [-0.1, -0.05) is 17.7 Å². The molecular weight excluding hydrogens is 309 g/mol. The predicted molar refractivity (Wildman–Crippen MR) is 69.2 cm³/mol. The zero-order valence-electron chi connectivity index (χ0n) is 10.4. The lowest BCUT2D eigenvalue weighted by atomic mass is 10.0. The van der Waals surface area contributed by atoms with E-state index in [9.17, 15) is 22.8 Å². The molecule has 0 aliphatic rings. The van der Waals surface area contributed by atoms with Crippen molar-refractivity contribution in [1.82, 2.24) is 0 Å². The van der Waals surface area contributed by atoms with Gasteiger partial charge < -0.3 is 4.42 Å². The highest BCUT2D eigenvalue weighted by atomic mass is 35.5. The van der Waals surface area contributed by atoms with E-state index < -0.39 is 24.2 Å². The number of hydrogen-bond donors (Lipinski definition) is 0. The van der Waals surface area contributed by atoms with Crippen LogP contribution < -0.4 is 0 Å². The maximum atomic E-state index is 12.1. The van der Waals surface area contributed by atoms with Gasteiger partial charge in [-0.2, -0.15) is 13.2 Å². The van der Waals surface area contributed by atoms with Gasteiger partial charge in [0.2, 0.25) is 5.78 Å². The molecule has 0 saturated carbocycles. The fraction of sp³-hybridized carbons (Fsp3) is 0.143. The molecule has 7 heteroatoms. The third-order valence-electron chi connectivity index (χ3n) is 2.71. The number of furan rings is 1. The largest absolute Gasteiger partial charge is 0.464 e. The Kier molecular flexibility index (Phi) is 4.18. The molecule has 0 N–H and O–H groups in total. The average molecular weight is 317 g/mol. The minimum atomic E-state index is -5.02. The number of rotatable bonds is 4. The van der Waals surface area contributed by atoms with Gasteiger partial charge >= 0.3 is 6.18 Å². The van der Waals surface area contributed by atoms with E-state index in [2.05, 4.69) is 0 Å². The van der Waals surface area contributed by atoms with Gasteiger partial charge in [-0.25, -0.2) is 0 Å². The molecule has 0 fully saturated rings. The van der Waals surface area contributed by atoms with Crippen molar-refractivity contribution in [3.8, 4) is 11.3 Å². The molecule has 0 aliphatic heterocycles. The molecule has 110 valence electrons. The second-order valence-electron chi connectivity index (χ2n) is 4.19. The molecule has 0 atom stereocenters. The highest BCUT2D eigenvalue weighted by Gasteiger charge is 2.39. The van der Waals surface area contributed by atoms with Gasteiger partial charge in [0, 0.05) is 11.1 Å². The predicted octanol–water partition coefficient (Wildman–Crippen LogP) is 4.30. The third kappa shape index (κ3) is 3.52. The number of carbonyl (C=O) groups is 2. The molecule has 1 heterocycles.